The average molecular weight is 270 g/mol. The van der Waals surface area contributed by atoms with Crippen LogP contribution in [0.25, 0.3) is 0 Å². The topological polar surface area (TPSA) is 89.3 Å². The maximum atomic E-state index is 12.1. The first-order chi connectivity index (χ1) is 8.36. The number of rotatable bonds is 5. The lowest BCUT2D eigenvalue weighted by Gasteiger charge is -2.08. The van der Waals surface area contributed by atoms with Crippen molar-refractivity contribution in [2.45, 2.75) is 24.7 Å². The van der Waals surface area contributed by atoms with Gasteiger partial charge in [0.15, 0.2) is 9.84 Å². The van der Waals surface area contributed by atoms with E-state index in [0.717, 1.165) is 5.56 Å². The molecule has 0 aromatic heterocycles. The smallest absolute Gasteiger partial charge is 0.219 e. The van der Waals surface area contributed by atoms with Crippen molar-refractivity contribution < 1.29 is 13.2 Å². The zero-order chi connectivity index (χ0) is 13.8. The quantitative estimate of drug-likeness (QED) is 0.777. The van der Waals surface area contributed by atoms with Crippen LogP contribution in [0.2, 0.25) is 0 Å². The first-order valence-corrected chi connectivity index (χ1v) is 7.31. The summed E-state index contributed by atoms with van der Waals surface area (Å²) in [7, 11) is -1.90. The molecule has 0 bridgehead atoms. The number of nitrogens with one attached hydrogen (secondary N) is 1. The third-order valence-electron chi connectivity index (χ3n) is 2.60. The molecule has 6 heteroatoms. The highest BCUT2D eigenvalue weighted by molar-refractivity contribution is 7.91. The van der Waals surface area contributed by atoms with Crippen molar-refractivity contribution in [3.8, 4) is 0 Å². The molecule has 0 aliphatic carbocycles. The molecule has 18 heavy (non-hydrogen) atoms. The van der Waals surface area contributed by atoms with Gasteiger partial charge in [-0.15, -0.1) is 0 Å². The largest absolute Gasteiger partial charge is 0.398 e. The number of carbonyl (C=O) groups is 1. The van der Waals surface area contributed by atoms with Gasteiger partial charge in [-0.25, -0.2) is 8.42 Å². The standard InChI is InChI=1S/C12H18N2O3S/c1-9-5-6-10(13)11(8-9)18(16,17)7-3-4-12(15)14-2/h5-6,8H,3-4,7,13H2,1-2H3,(H,14,15). The molecular formula is C12H18N2O3S. The van der Waals surface area contributed by atoms with E-state index in [0.29, 0.717) is 0 Å². The predicted molar refractivity (Wildman–Crippen MR) is 70.9 cm³/mol. The Morgan fingerprint density at radius 1 is 1.39 bits per heavy atom. The Morgan fingerprint density at radius 2 is 2.06 bits per heavy atom. The molecule has 0 spiro atoms. The molecule has 0 saturated carbocycles. The van der Waals surface area contributed by atoms with Gasteiger partial charge in [-0.1, -0.05) is 6.07 Å². The number of nitrogens with two attached hydrogens (primary N) is 1. The SMILES string of the molecule is CNC(=O)CCCS(=O)(=O)c1cc(C)ccc1N. The summed E-state index contributed by atoms with van der Waals surface area (Å²) < 4.78 is 24.1. The summed E-state index contributed by atoms with van der Waals surface area (Å²) in [5, 5.41) is 2.45. The second kappa shape index (κ2) is 5.86. The minimum atomic E-state index is -3.42. The van der Waals surface area contributed by atoms with E-state index < -0.39 is 9.84 Å². The summed E-state index contributed by atoms with van der Waals surface area (Å²) in [5.41, 5.74) is 6.77. The van der Waals surface area contributed by atoms with Crippen LogP contribution in [0, 0.1) is 6.92 Å². The lowest BCUT2D eigenvalue weighted by atomic mass is 10.2. The van der Waals surface area contributed by atoms with E-state index >= 15 is 0 Å². The first kappa shape index (κ1) is 14.5. The van der Waals surface area contributed by atoms with Crippen molar-refractivity contribution >= 4 is 21.4 Å². The normalized spacial score (nSPS) is 11.2. The highest BCUT2D eigenvalue weighted by Crippen LogP contribution is 2.21. The number of hydrogen-bond acceptors (Lipinski definition) is 4. The third-order valence-corrected chi connectivity index (χ3v) is 4.45. The summed E-state index contributed by atoms with van der Waals surface area (Å²) in [4.78, 5) is 11.2. The van der Waals surface area contributed by atoms with Gasteiger partial charge in [-0.2, -0.15) is 0 Å². The van der Waals surface area contributed by atoms with E-state index in [2.05, 4.69) is 5.32 Å². The molecule has 1 aromatic carbocycles. The maximum Gasteiger partial charge on any atom is 0.219 e. The Hall–Kier alpha value is -1.56. The number of hydrogen-bond donors (Lipinski definition) is 2. The van der Waals surface area contributed by atoms with E-state index in [1.807, 2.05) is 6.92 Å². The molecule has 0 saturated heterocycles. The fourth-order valence-corrected chi connectivity index (χ4v) is 3.11. The summed E-state index contributed by atoms with van der Waals surface area (Å²) in [6.45, 7) is 1.81. The zero-order valence-electron chi connectivity index (χ0n) is 10.6. The lowest BCUT2D eigenvalue weighted by Crippen LogP contribution is -2.19. The van der Waals surface area contributed by atoms with E-state index in [1.54, 1.807) is 18.2 Å². The van der Waals surface area contributed by atoms with Crippen molar-refractivity contribution in [1.29, 1.82) is 0 Å². The highest BCUT2D eigenvalue weighted by Gasteiger charge is 2.17. The van der Waals surface area contributed by atoms with Gasteiger partial charge in [-0.05, 0) is 31.0 Å². The molecule has 0 unspecified atom stereocenters. The van der Waals surface area contributed by atoms with Crippen molar-refractivity contribution in [3.63, 3.8) is 0 Å². The second-order valence-electron chi connectivity index (χ2n) is 4.14. The van der Waals surface area contributed by atoms with E-state index in [-0.39, 0.29) is 35.1 Å². The molecule has 5 nitrogen and oxygen atoms in total. The summed E-state index contributed by atoms with van der Waals surface area (Å²) >= 11 is 0. The molecule has 3 N–H and O–H groups in total. The fraction of sp³-hybridized carbons (Fsp3) is 0.417. The third kappa shape index (κ3) is 3.73. The van der Waals surface area contributed by atoms with Gasteiger partial charge in [-0.3, -0.25) is 4.79 Å². The van der Waals surface area contributed by atoms with Crippen LogP contribution in [0.3, 0.4) is 0 Å². The van der Waals surface area contributed by atoms with Gasteiger partial charge < -0.3 is 11.1 Å². The Labute approximate surface area is 107 Å². The number of nitrogen functional groups attached to an aromatic ring is 1. The van der Waals surface area contributed by atoms with Crippen LogP contribution in [0.4, 0.5) is 5.69 Å². The van der Waals surface area contributed by atoms with Gasteiger partial charge in [0, 0.05) is 13.5 Å². The highest BCUT2D eigenvalue weighted by atomic mass is 32.2. The Balaban J connectivity index is 2.80. The predicted octanol–water partition coefficient (Wildman–Crippen LogP) is 0.877. The molecule has 0 fully saturated rings. The molecule has 1 aromatic rings. The van der Waals surface area contributed by atoms with E-state index in [1.165, 1.54) is 7.05 Å². The number of benzene rings is 1. The maximum absolute atomic E-state index is 12.1. The van der Waals surface area contributed by atoms with Crippen molar-refractivity contribution in [2.24, 2.45) is 0 Å². The molecule has 0 radical (unpaired) electrons. The van der Waals surface area contributed by atoms with Crippen LogP contribution < -0.4 is 11.1 Å². The summed E-state index contributed by atoms with van der Waals surface area (Å²) in [6.07, 6.45) is 0.483. The zero-order valence-corrected chi connectivity index (χ0v) is 11.4. The number of sulfone groups is 1. The van der Waals surface area contributed by atoms with Gasteiger partial charge in [0.1, 0.15) is 0 Å². The molecule has 1 rings (SSSR count). The molecular weight excluding hydrogens is 252 g/mol. The van der Waals surface area contributed by atoms with Crippen molar-refractivity contribution in [1.82, 2.24) is 5.32 Å². The minimum absolute atomic E-state index is 0.0753. The van der Waals surface area contributed by atoms with Crippen LogP contribution in [0.1, 0.15) is 18.4 Å². The number of carbonyl (C=O) groups excluding carboxylic acids is 1. The Morgan fingerprint density at radius 3 is 2.67 bits per heavy atom. The number of amides is 1. The Bertz CT molecular complexity index is 538. The van der Waals surface area contributed by atoms with Crippen LogP contribution >= 0.6 is 0 Å². The van der Waals surface area contributed by atoms with Crippen molar-refractivity contribution in [3.05, 3.63) is 23.8 Å². The van der Waals surface area contributed by atoms with Crippen LogP contribution in [-0.2, 0) is 14.6 Å². The van der Waals surface area contributed by atoms with Crippen molar-refractivity contribution in [2.75, 3.05) is 18.5 Å². The average Bonchev–Trinajstić information content (AvgIpc) is 2.31. The van der Waals surface area contributed by atoms with Crippen LogP contribution in [-0.4, -0.2) is 27.1 Å². The molecule has 0 aliphatic rings. The summed E-state index contributed by atoms with van der Waals surface area (Å²) in [6, 6.07) is 4.91. The van der Waals surface area contributed by atoms with Gasteiger partial charge in [0.2, 0.25) is 5.91 Å². The minimum Gasteiger partial charge on any atom is -0.398 e. The first-order valence-electron chi connectivity index (χ1n) is 5.66. The molecule has 100 valence electrons. The Kier molecular flexibility index (Phi) is 4.72. The van der Waals surface area contributed by atoms with E-state index in [9.17, 15) is 13.2 Å². The number of aryl methyl sites for hydroxylation is 1. The lowest BCUT2D eigenvalue weighted by molar-refractivity contribution is -0.120. The number of anilines is 1. The van der Waals surface area contributed by atoms with Gasteiger partial charge in [0.05, 0.1) is 16.3 Å². The van der Waals surface area contributed by atoms with Gasteiger partial charge in [0.25, 0.3) is 0 Å². The van der Waals surface area contributed by atoms with E-state index in [4.69, 9.17) is 5.73 Å². The molecule has 0 aliphatic heterocycles. The second-order valence-corrected chi connectivity index (χ2v) is 6.21. The molecule has 0 atom stereocenters. The monoisotopic (exact) mass is 270 g/mol. The fourth-order valence-electron chi connectivity index (χ4n) is 1.57. The van der Waals surface area contributed by atoms with Crippen LogP contribution in [0.5, 0.6) is 0 Å². The van der Waals surface area contributed by atoms with Gasteiger partial charge >= 0.3 is 0 Å². The van der Waals surface area contributed by atoms with Crippen LogP contribution in [0.15, 0.2) is 23.1 Å². The molecule has 0 heterocycles. The molecule has 1 amide bonds. The summed E-state index contributed by atoms with van der Waals surface area (Å²) in [5.74, 6) is -0.240.